The fraction of sp³-hybridized carbons (Fsp3) is 0.296. The maximum absolute atomic E-state index is 12.2. The third-order valence-electron chi connectivity index (χ3n) is 4.29. The van der Waals surface area contributed by atoms with Crippen molar-refractivity contribution in [1.29, 1.82) is 0 Å². The van der Waals surface area contributed by atoms with Crippen molar-refractivity contribution >= 4 is 51.7 Å². The number of rotatable bonds is 6. The molecule has 0 aliphatic heterocycles. The third-order valence-corrected chi connectivity index (χ3v) is 6.90. The Morgan fingerprint density at radius 2 is 0.906 bits per heavy atom. The Labute approximate surface area is 199 Å². The molecule has 0 amide bonds. The molecule has 0 fully saturated rings. The number of hydrogen-bond acceptors (Lipinski definition) is 5. The second kappa shape index (κ2) is 11.0. The van der Waals surface area contributed by atoms with Gasteiger partial charge in [-0.15, -0.1) is 0 Å². The van der Waals surface area contributed by atoms with Crippen LogP contribution in [-0.4, -0.2) is 16.0 Å². The van der Waals surface area contributed by atoms with E-state index in [0.29, 0.717) is 0 Å². The number of thioether (sulfide) groups is 2. The fourth-order valence-corrected chi connectivity index (χ4v) is 3.81. The first-order valence-electron chi connectivity index (χ1n) is 10.4. The lowest BCUT2D eigenvalue weighted by Crippen LogP contribution is -2.16. The Hall–Kier alpha value is -2.37. The molecule has 0 heterocycles. The summed E-state index contributed by atoms with van der Waals surface area (Å²) in [7, 11) is 0. The SMILES string of the molecule is CC(C)(C)C(=O)Sc1ccc(C=CC(=O)C=Cc2ccc(SC(=O)C(C)(C)C)cc2)cc1. The van der Waals surface area contributed by atoms with E-state index in [1.165, 1.54) is 35.7 Å². The summed E-state index contributed by atoms with van der Waals surface area (Å²) in [5.74, 6) is -0.118. The van der Waals surface area contributed by atoms with Crippen LogP contribution in [0.5, 0.6) is 0 Å². The first-order valence-corrected chi connectivity index (χ1v) is 12.0. The van der Waals surface area contributed by atoms with Crippen LogP contribution in [0.3, 0.4) is 0 Å². The summed E-state index contributed by atoms with van der Waals surface area (Å²) < 4.78 is 0. The number of ketones is 1. The molecule has 2 aromatic rings. The van der Waals surface area contributed by atoms with Gasteiger partial charge in [-0.2, -0.15) is 0 Å². The lowest BCUT2D eigenvalue weighted by Gasteiger charge is -2.15. The zero-order valence-corrected chi connectivity index (χ0v) is 21.1. The van der Waals surface area contributed by atoms with Gasteiger partial charge >= 0.3 is 0 Å². The van der Waals surface area contributed by atoms with Gasteiger partial charge in [0.1, 0.15) is 0 Å². The molecule has 0 atom stereocenters. The number of carbonyl (C=O) groups is 3. The van der Waals surface area contributed by atoms with E-state index < -0.39 is 0 Å². The number of carbonyl (C=O) groups excluding carboxylic acids is 3. The Kier molecular flexibility index (Phi) is 8.88. The molecular formula is C27H30O3S2. The van der Waals surface area contributed by atoms with Crippen molar-refractivity contribution < 1.29 is 14.4 Å². The lowest BCUT2D eigenvalue weighted by molar-refractivity contribution is -0.118. The van der Waals surface area contributed by atoms with Crippen molar-refractivity contribution in [2.75, 3.05) is 0 Å². The predicted molar refractivity (Wildman–Crippen MR) is 137 cm³/mol. The van der Waals surface area contributed by atoms with Crippen LogP contribution in [0.1, 0.15) is 52.7 Å². The summed E-state index contributed by atoms with van der Waals surface area (Å²) in [6.07, 6.45) is 6.55. The van der Waals surface area contributed by atoms with Crippen molar-refractivity contribution in [2.45, 2.75) is 51.3 Å². The van der Waals surface area contributed by atoms with Crippen LogP contribution >= 0.6 is 23.5 Å². The van der Waals surface area contributed by atoms with Crippen LogP contribution < -0.4 is 0 Å². The van der Waals surface area contributed by atoms with Gasteiger partial charge < -0.3 is 0 Å². The molecule has 2 aromatic carbocycles. The van der Waals surface area contributed by atoms with E-state index >= 15 is 0 Å². The van der Waals surface area contributed by atoms with Crippen LogP contribution in [0.15, 0.2) is 70.5 Å². The van der Waals surface area contributed by atoms with Crippen LogP contribution in [0, 0.1) is 10.8 Å². The van der Waals surface area contributed by atoms with Crippen LogP contribution in [-0.2, 0) is 14.4 Å². The smallest absolute Gasteiger partial charge is 0.198 e. The molecule has 0 aromatic heterocycles. The van der Waals surface area contributed by atoms with Gasteiger partial charge in [0.2, 0.25) is 0 Å². The van der Waals surface area contributed by atoms with E-state index in [9.17, 15) is 14.4 Å². The van der Waals surface area contributed by atoms with Gasteiger partial charge in [-0.05, 0) is 47.5 Å². The van der Waals surface area contributed by atoms with Crippen LogP contribution in [0.25, 0.3) is 12.2 Å². The summed E-state index contributed by atoms with van der Waals surface area (Å²) >= 11 is 2.47. The zero-order chi connectivity index (χ0) is 23.9. The highest BCUT2D eigenvalue weighted by Gasteiger charge is 2.22. The standard InChI is InChI=1S/C27H30O3S2/c1-26(2,3)24(29)31-22-15-9-19(10-16-22)7-13-21(28)14-8-20-11-17-23(18-12-20)32-25(30)27(4,5)6/h7-18H,1-6H3. The summed E-state index contributed by atoms with van der Waals surface area (Å²) in [6, 6.07) is 15.1. The van der Waals surface area contributed by atoms with Crippen molar-refractivity contribution in [3.63, 3.8) is 0 Å². The molecule has 0 aliphatic carbocycles. The van der Waals surface area contributed by atoms with Gasteiger partial charge in [-0.1, -0.05) is 101 Å². The summed E-state index contributed by atoms with van der Waals surface area (Å²) in [5.41, 5.74) is 1.02. The Morgan fingerprint density at radius 3 is 1.19 bits per heavy atom. The van der Waals surface area contributed by atoms with Crippen molar-refractivity contribution in [2.24, 2.45) is 10.8 Å². The van der Waals surface area contributed by atoms with Gasteiger partial charge in [0, 0.05) is 20.6 Å². The molecule has 3 nitrogen and oxygen atoms in total. The largest absolute Gasteiger partial charge is 0.290 e. The normalized spacial score (nSPS) is 12.4. The van der Waals surface area contributed by atoms with Crippen molar-refractivity contribution in [3.8, 4) is 0 Å². The molecule has 2 rings (SSSR count). The molecule has 0 saturated carbocycles. The third kappa shape index (κ3) is 8.64. The summed E-state index contributed by atoms with van der Waals surface area (Å²) in [5, 5.41) is 0.238. The summed E-state index contributed by atoms with van der Waals surface area (Å²) in [6.45, 7) is 11.4. The molecule has 32 heavy (non-hydrogen) atoms. The van der Waals surface area contributed by atoms with Gasteiger partial charge in [0.25, 0.3) is 0 Å². The Balaban J connectivity index is 1.91. The van der Waals surface area contributed by atoms with Gasteiger partial charge in [0.15, 0.2) is 16.0 Å². The number of allylic oxidation sites excluding steroid dienone is 2. The summed E-state index contributed by atoms with van der Waals surface area (Å²) in [4.78, 5) is 38.2. The molecule has 0 bridgehead atoms. The van der Waals surface area contributed by atoms with Gasteiger partial charge in [0.05, 0.1) is 0 Å². The molecule has 0 unspecified atom stereocenters. The minimum absolute atomic E-state index is 0.118. The van der Waals surface area contributed by atoms with E-state index in [4.69, 9.17) is 0 Å². The minimum atomic E-state index is -0.384. The van der Waals surface area contributed by atoms with E-state index in [0.717, 1.165) is 20.9 Å². The first-order chi connectivity index (χ1) is 14.8. The van der Waals surface area contributed by atoms with E-state index in [-0.39, 0.29) is 26.8 Å². The van der Waals surface area contributed by atoms with E-state index in [1.54, 1.807) is 12.2 Å². The maximum atomic E-state index is 12.2. The molecule has 0 aliphatic rings. The molecule has 168 valence electrons. The zero-order valence-electron chi connectivity index (χ0n) is 19.5. The van der Waals surface area contributed by atoms with E-state index in [2.05, 4.69) is 0 Å². The molecule has 0 radical (unpaired) electrons. The quantitative estimate of drug-likeness (QED) is 0.330. The average molecular weight is 467 g/mol. The van der Waals surface area contributed by atoms with Crippen LogP contribution in [0.4, 0.5) is 0 Å². The van der Waals surface area contributed by atoms with Crippen molar-refractivity contribution in [1.82, 2.24) is 0 Å². The van der Waals surface area contributed by atoms with E-state index in [1.807, 2.05) is 90.1 Å². The molecule has 0 spiro atoms. The minimum Gasteiger partial charge on any atom is -0.290 e. The van der Waals surface area contributed by atoms with Gasteiger partial charge in [-0.3, -0.25) is 14.4 Å². The highest BCUT2D eigenvalue weighted by Crippen LogP contribution is 2.30. The van der Waals surface area contributed by atoms with Crippen molar-refractivity contribution in [3.05, 3.63) is 71.8 Å². The monoisotopic (exact) mass is 466 g/mol. The Bertz CT molecular complexity index is 933. The number of hydrogen-bond donors (Lipinski definition) is 0. The molecule has 5 heteroatoms. The highest BCUT2D eigenvalue weighted by molar-refractivity contribution is 8.14. The fourth-order valence-electron chi connectivity index (χ4n) is 2.23. The lowest BCUT2D eigenvalue weighted by atomic mass is 9.99. The molecule has 0 N–H and O–H groups in total. The van der Waals surface area contributed by atoms with Gasteiger partial charge in [-0.25, -0.2) is 0 Å². The molecule has 0 saturated heterocycles. The maximum Gasteiger partial charge on any atom is 0.198 e. The Morgan fingerprint density at radius 1 is 0.594 bits per heavy atom. The average Bonchev–Trinajstić information content (AvgIpc) is 2.71. The topological polar surface area (TPSA) is 51.2 Å². The number of benzene rings is 2. The molecular weight excluding hydrogens is 436 g/mol. The highest BCUT2D eigenvalue weighted by atomic mass is 32.2. The second-order valence-corrected chi connectivity index (χ2v) is 11.6. The second-order valence-electron chi connectivity index (χ2n) is 9.49. The van der Waals surface area contributed by atoms with Crippen LogP contribution in [0.2, 0.25) is 0 Å². The predicted octanol–water partition coefficient (Wildman–Crippen LogP) is 7.31. The first kappa shape index (κ1) is 25.9.